The molecule has 0 saturated carbocycles. The summed E-state index contributed by atoms with van der Waals surface area (Å²) in [5, 5.41) is 4.34. The van der Waals surface area contributed by atoms with Crippen LogP contribution in [0.3, 0.4) is 0 Å². The lowest BCUT2D eigenvalue weighted by atomic mass is 10.0. The number of likely N-dealkylation sites (N-methyl/N-ethyl adjacent to an activating group) is 1. The molecular weight excluding hydrogens is 246 g/mol. The minimum Gasteiger partial charge on any atom is -0.368 e. The molecule has 1 unspecified atom stereocenters. The Hall–Kier alpha value is -0.930. The van der Waals surface area contributed by atoms with Gasteiger partial charge in [-0.05, 0) is 31.5 Å². The normalized spacial score (nSPS) is 22.7. The Morgan fingerprint density at radius 3 is 3.06 bits per heavy atom. The van der Waals surface area contributed by atoms with Crippen molar-refractivity contribution in [1.82, 2.24) is 5.32 Å². The zero-order valence-electron chi connectivity index (χ0n) is 11.0. The second-order valence-electron chi connectivity index (χ2n) is 5.18. The van der Waals surface area contributed by atoms with Gasteiger partial charge in [-0.2, -0.15) is 0 Å². The van der Waals surface area contributed by atoms with Gasteiger partial charge in [0.1, 0.15) is 0 Å². The molecule has 4 heteroatoms. The highest BCUT2D eigenvalue weighted by atomic mass is 35.5. The molecule has 1 saturated heterocycles. The number of piperazine rings is 1. The summed E-state index contributed by atoms with van der Waals surface area (Å²) in [7, 11) is 0. The molecule has 18 heavy (non-hydrogen) atoms. The number of anilines is 2. The Morgan fingerprint density at radius 2 is 2.28 bits per heavy atom. The third-order valence-corrected chi connectivity index (χ3v) is 4.25. The Balaban J connectivity index is 2.11. The van der Waals surface area contributed by atoms with Crippen LogP contribution in [0.25, 0.3) is 0 Å². The van der Waals surface area contributed by atoms with Crippen LogP contribution in [0, 0.1) is 6.92 Å². The molecule has 0 aromatic heterocycles. The average molecular weight is 266 g/mol. The number of hydrogen-bond donors (Lipinski definition) is 1. The predicted octanol–water partition coefficient (Wildman–Crippen LogP) is 2.27. The number of rotatable bonds is 1. The fraction of sp³-hybridized carbons (Fsp3) is 0.571. The van der Waals surface area contributed by atoms with Crippen LogP contribution in [0.2, 0.25) is 5.02 Å². The number of halogens is 1. The standard InChI is InChI=1S/C14H20ClN3/c1-3-17-9-12-8-16-4-5-18(12)14-10(2)6-11(15)7-13(14)17/h6-7,12,16H,3-5,8-9H2,1-2H3. The quantitative estimate of drug-likeness (QED) is 0.840. The van der Waals surface area contributed by atoms with Gasteiger partial charge in [-0.3, -0.25) is 0 Å². The molecule has 1 N–H and O–H groups in total. The van der Waals surface area contributed by atoms with Crippen molar-refractivity contribution >= 4 is 23.0 Å². The molecule has 0 radical (unpaired) electrons. The summed E-state index contributed by atoms with van der Waals surface area (Å²) in [4.78, 5) is 5.01. The van der Waals surface area contributed by atoms with Crippen molar-refractivity contribution < 1.29 is 0 Å². The zero-order valence-corrected chi connectivity index (χ0v) is 11.8. The van der Waals surface area contributed by atoms with Crippen molar-refractivity contribution in [2.45, 2.75) is 19.9 Å². The van der Waals surface area contributed by atoms with Crippen LogP contribution in [0.4, 0.5) is 11.4 Å². The van der Waals surface area contributed by atoms with Crippen LogP contribution >= 0.6 is 11.6 Å². The van der Waals surface area contributed by atoms with Gasteiger partial charge in [0.05, 0.1) is 17.4 Å². The summed E-state index contributed by atoms with van der Waals surface area (Å²) in [6.07, 6.45) is 0. The fourth-order valence-electron chi connectivity index (χ4n) is 3.20. The van der Waals surface area contributed by atoms with Gasteiger partial charge in [0, 0.05) is 37.7 Å². The van der Waals surface area contributed by atoms with Crippen LogP contribution in [0.5, 0.6) is 0 Å². The molecule has 1 aromatic rings. The van der Waals surface area contributed by atoms with Crippen LogP contribution in [0.1, 0.15) is 12.5 Å². The van der Waals surface area contributed by atoms with Crippen molar-refractivity contribution in [3.05, 3.63) is 22.7 Å². The molecule has 0 bridgehead atoms. The summed E-state index contributed by atoms with van der Waals surface area (Å²) < 4.78 is 0. The molecule has 0 aliphatic carbocycles. The summed E-state index contributed by atoms with van der Waals surface area (Å²) in [6.45, 7) is 9.77. The van der Waals surface area contributed by atoms with E-state index in [2.05, 4.69) is 41.1 Å². The van der Waals surface area contributed by atoms with Crippen LogP contribution in [-0.2, 0) is 0 Å². The topological polar surface area (TPSA) is 18.5 Å². The number of nitrogens with one attached hydrogen (secondary N) is 1. The maximum atomic E-state index is 6.22. The van der Waals surface area contributed by atoms with Crippen molar-refractivity contribution in [3.63, 3.8) is 0 Å². The minimum atomic E-state index is 0.589. The first-order valence-corrected chi connectivity index (χ1v) is 7.11. The minimum absolute atomic E-state index is 0.589. The number of hydrogen-bond acceptors (Lipinski definition) is 3. The van der Waals surface area contributed by atoms with Crippen molar-refractivity contribution in [3.8, 4) is 0 Å². The molecule has 3 nitrogen and oxygen atoms in total. The van der Waals surface area contributed by atoms with E-state index in [1.807, 2.05) is 0 Å². The number of benzene rings is 1. The van der Waals surface area contributed by atoms with E-state index in [4.69, 9.17) is 11.6 Å². The number of aryl methyl sites for hydroxylation is 1. The first-order valence-electron chi connectivity index (χ1n) is 6.73. The van der Waals surface area contributed by atoms with E-state index in [-0.39, 0.29) is 0 Å². The Kier molecular flexibility index (Phi) is 3.12. The number of nitrogens with zero attached hydrogens (tertiary/aromatic N) is 2. The van der Waals surface area contributed by atoms with Gasteiger partial charge in [0.15, 0.2) is 0 Å². The van der Waals surface area contributed by atoms with Crippen LogP contribution in [-0.4, -0.2) is 38.8 Å². The summed E-state index contributed by atoms with van der Waals surface area (Å²) in [5.41, 5.74) is 3.99. The third kappa shape index (κ3) is 1.86. The molecule has 2 heterocycles. The van der Waals surface area contributed by atoms with E-state index in [0.717, 1.165) is 37.7 Å². The van der Waals surface area contributed by atoms with E-state index >= 15 is 0 Å². The van der Waals surface area contributed by atoms with Crippen LogP contribution < -0.4 is 15.1 Å². The molecule has 2 aliphatic rings. The van der Waals surface area contributed by atoms with E-state index < -0.39 is 0 Å². The highest BCUT2D eigenvalue weighted by Gasteiger charge is 2.32. The predicted molar refractivity (Wildman–Crippen MR) is 78.1 cm³/mol. The van der Waals surface area contributed by atoms with Gasteiger partial charge in [0.2, 0.25) is 0 Å². The fourth-order valence-corrected chi connectivity index (χ4v) is 3.47. The lowest BCUT2D eigenvalue weighted by Crippen LogP contribution is -2.59. The Bertz CT molecular complexity index is 461. The van der Waals surface area contributed by atoms with E-state index in [9.17, 15) is 0 Å². The van der Waals surface area contributed by atoms with Crippen molar-refractivity contribution in [2.24, 2.45) is 0 Å². The van der Waals surface area contributed by atoms with E-state index in [1.54, 1.807) is 0 Å². The van der Waals surface area contributed by atoms with E-state index in [1.165, 1.54) is 16.9 Å². The second-order valence-corrected chi connectivity index (χ2v) is 5.62. The first-order chi connectivity index (χ1) is 8.70. The monoisotopic (exact) mass is 265 g/mol. The molecule has 2 aliphatic heterocycles. The highest BCUT2D eigenvalue weighted by Crippen LogP contribution is 2.40. The van der Waals surface area contributed by atoms with Crippen molar-refractivity contribution in [1.29, 1.82) is 0 Å². The Labute approximate surface area is 114 Å². The lowest BCUT2D eigenvalue weighted by molar-refractivity contribution is 0.460. The van der Waals surface area contributed by atoms with Gasteiger partial charge in [-0.25, -0.2) is 0 Å². The number of fused-ring (bicyclic) bond motifs is 3. The SMILES string of the molecule is CCN1CC2CNCCN2c2c(C)cc(Cl)cc21. The summed E-state index contributed by atoms with van der Waals surface area (Å²) >= 11 is 6.22. The molecule has 1 aromatic carbocycles. The third-order valence-electron chi connectivity index (χ3n) is 4.04. The maximum absolute atomic E-state index is 6.22. The molecule has 98 valence electrons. The largest absolute Gasteiger partial charge is 0.368 e. The summed E-state index contributed by atoms with van der Waals surface area (Å²) in [6, 6.07) is 4.79. The second kappa shape index (κ2) is 4.63. The molecule has 3 rings (SSSR count). The molecule has 0 spiro atoms. The van der Waals surface area contributed by atoms with Gasteiger partial charge in [-0.15, -0.1) is 0 Å². The highest BCUT2D eigenvalue weighted by molar-refractivity contribution is 6.31. The van der Waals surface area contributed by atoms with Crippen LogP contribution in [0.15, 0.2) is 12.1 Å². The van der Waals surface area contributed by atoms with Crippen molar-refractivity contribution in [2.75, 3.05) is 42.5 Å². The van der Waals surface area contributed by atoms with Gasteiger partial charge in [0.25, 0.3) is 0 Å². The molecule has 0 amide bonds. The van der Waals surface area contributed by atoms with Gasteiger partial charge >= 0.3 is 0 Å². The molecule has 1 fully saturated rings. The van der Waals surface area contributed by atoms with Gasteiger partial charge in [-0.1, -0.05) is 11.6 Å². The maximum Gasteiger partial charge on any atom is 0.0638 e. The average Bonchev–Trinajstić information content (AvgIpc) is 2.37. The molecule has 1 atom stereocenters. The zero-order chi connectivity index (χ0) is 12.7. The Morgan fingerprint density at radius 1 is 1.44 bits per heavy atom. The smallest absolute Gasteiger partial charge is 0.0638 e. The van der Waals surface area contributed by atoms with E-state index in [0.29, 0.717) is 6.04 Å². The lowest BCUT2D eigenvalue weighted by Gasteiger charge is -2.47. The summed E-state index contributed by atoms with van der Waals surface area (Å²) in [5.74, 6) is 0. The first kappa shape index (κ1) is 12.1. The van der Waals surface area contributed by atoms with Gasteiger partial charge < -0.3 is 15.1 Å². The molecular formula is C14H20ClN3.